The largest absolute Gasteiger partial charge is 0.486 e. The summed E-state index contributed by atoms with van der Waals surface area (Å²) < 4.78 is 5.69. The van der Waals surface area contributed by atoms with Crippen LogP contribution in [0, 0.1) is 0 Å². The van der Waals surface area contributed by atoms with Gasteiger partial charge in [-0.05, 0) is 42.3 Å². The molecular formula is C17H16N2O3. The Hall–Kier alpha value is -2.82. The van der Waals surface area contributed by atoms with Crippen molar-refractivity contribution in [2.24, 2.45) is 0 Å². The zero-order chi connectivity index (χ0) is 15.5. The molecule has 2 aromatic carbocycles. The van der Waals surface area contributed by atoms with Crippen molar-refractivity contribution >= 4 is 17.0 Å². The van der Waals surface area contributed by atoms with Crippen LogP contribution in [0.2, 0.25) is 0 Å². The molecule has 0 fully saturated rings. The lowest BCUT2D eigenvalue weighted by Crippen LogP contribution is -1.97. The molecule has 2 N–H and O–H groups in total. The second-order valence-electron chi connectivity index (χ2n) is 5.01. The maximum atomic E-state index is 11.0. The standard InChI is InChI=1S/C17H16N2O3/c1-2-11-3-6-13(7-4-11)22-10-16-18-14-8-5-12(17(20)21)9-15(14)19-16/h3-9H,2,10H2,1H3,(H,18,19)(H,20,21). The highest BCUT2D eigenvalue weighted by Crippen LogP contribution is 2.17. The Bertz CT molecular complexity index is 806. The van der Waals surface area contributed by atoms with Crippen molar-refractivity contribution in [1.82, 2.24) is 9.97 Å². The molecule has 5 heteroatoms. The monoisotopic (exact) mass is 296 g/mol. The number of nitrogens with one attached hydrogen (secondary N) is 1. The molecule has 0 saturated carbocycles. The lowest BCUT2D eigenvalue weighted by atomic mass is 10.2. The number of hydrogen-bond acceptors (Lipinski definition) is 3. The summed E-state index contributed by atoms with van der Waals surface area (Å²) in [5.41, 5.74) is 2.92. The summed E-state index contributed by atoms with van der Waals surface area (Å²) in [4.78, 5) is 18.4. The fourth-order valence-corrected chi connectivity index (χ4v) is 2.24. The molecule has 1 heterocycles. The summed E-state index contributed by atoms with van der Waals surface area (Å²) in [6.45, 7) is 2.41. The molecule has 0 aliphatic heterocycles. The smallest absolute Gasteiger partial charge is 0.335 e. The van der Waals surface area contributed by atoms with Crippen molar-refractivity contribution in [2.75, 3.05) is 0 Å². The van der Waals surface area contributed by atoms with Gasteiger partial charge in [-0.3, -0.25) is 0 Å². The van der Waals surface area contributed by atoms with Gasteiger partial charge in [-0.25, -0.2) is 9.78 Å². The zero-order valence-electron chi connectivity index (χ0n) is 12.2. The van der Waals surface area contributed by atoms with Crippen LogP contribution >= 0.6 is 0 Å². The zero-order valence-corrected chi connectivity index (χ0v) is 12.2. The minimum absolute atomic E-state index is 0.235. The molecule has 0 atom stereocenters. The maximum absolute atomic E-state index is 11.0. The van der Waals surface area contributed by atoms with E-state index in [9.17, 15) is 4.79 Å². The molecule has 0 radical (unpaired) electrons. The number of imidazole rings is 1. The first-order valence-corrected chi connectivity index (χ1v) is 7.09. The third-order valence-corrected chi connectivity index (χ3v) is 3.49. The normalized spacial score (nSPS) is 10.8. The molecule has 0 saturated heterocycles. The number of hydrogen-bond donors (Lipinski definition) is 2. The van der Waals surface area contributed by atoms with Gasteiger partial charge in [0.25, 0.3) is 0 Å². The van der Waals surface area contributed by atoms with E-state index in [0.717, 1.165) is 17.7 Å². The molecule has 0 spiro atoms. The van der Waals surface area contributed by atoms with E-state index >= 15 is 0 Å². The van der Waals surface area contributed by atoms with E-state index in [0.29, 0.717) is 17.9 Å². The Balaban J connectivity index is 1.74. The van der Waals surface area contributed by atoms with Crippen LogP contribution in [0.4, 0.5) is 0 Å². The number of ether oxygens (including phenoxy) is 1. The van der Waals surface area contributed by atoms with Gasteiger partial charge in [0.05, 0.1) is 16.6 Å². The topological polar surface area (TPSA) is 75.2 Å². The van der Waals surface area contributed by atoms with Crippen LogP contribution in [0.25, 0.3) is 11.0 Å². The summed E-state index contributed by atoms with van der Waals surface area (Å²) in [5.74, 6) is 0.492. The van der Waals surface area contributed by atoms with E-state index in [-0.39, 0.29) is 5.56 Å². The van der Waals surface area contributed by atoms with Crippen LogP contribution < -0.4 is 4.74 Å². The Morgan fingerprint density at radius 1 is 1.23 bits per heavy atom. The first kappa shape index (κ1) is 14.1. The fraction of sp³-hybridized carbons (Fsp3) is 0.176. The molecule has 0 aliphatic carbocycles. The average Bonchev–Trinajstić information content (AvgIpc) is 2.95. The molecular weight excluding hydrogens is 280 g/mol. The van der Waals surface area contributed by atoms with Gasteiger partial charge in [-0.15, -0.1) is 0 Å². The fourth-order valence-electron chi connectivity index (χ4n) is 2.24. The van der Waals surface area contributed by atoms with Gasteiger partial charge < -0.3 is 14.8 Å². The molecule has 112 valence electrons. The number of aromatic carboxylic acids is 1. The highest BCUT2D eigenvalue weighted by molar-refractivity contribution is 5.92. The second kappa shape index (κ2) is 5.89. The number of H-pyrrole nitrogens is 1. The number of aromatic nitrogens is 2. The molecule has 3 rings (SSSR count). The molecule has 5 nitrogen and oxygen atoms in total. The van der Waals surface area contributed by atoms with Crippen LogP contribution in [-0.2, 0) is 13.0 Å². The van der Waals surface area contributed by atoms with Crippen molar-refractivity contribution in [3.05, 3.63) is 59.4 Å². The molecule has 0 bridgehead atoms. The first-order chi connectivity index (χ1) is 10.7. The van der Waals surface area contributed by atoms with Crippen molar-refractivity contribution in [1.29, 1.82) is 0 Å². The number of aromatic amines is 1. The summed E-state index contributed by atoms with van der Waals surface area (Å²) in [7, 11) is 0. The number of rotatable bonds is 5. The Kier molecular flexibility index (Phi) is 3.78. The van der Waals surface area contributed by atoms with Crippen molar-refractivity contribution < 1.29 is 14.6 Å². The number of benzene rings is 2. The van der Waals surface area contributed by atoms with E-state index in [1.165, 1.54) is 5.56 Å². The van der Waals surface area contributed by atoms with Crippen LogP contribution in [0.3, 0.4) is 0 Å². The van der Waals surface area contributed by atoms with Gasteiger partial charge in [-0.1, -0.05) is 19.1 Å². The molecule has 1 aromatic heterocycles. The van der Waals surface area contributed by atoms with Gasteiger partial charge >= 0.3 is 5.97 Å². The molecule has 3 aromatic rings. The third kappa shape index (κ3) is 2.93. The van der Waals surface area contributed by atoms with Crippen LogP contribution in [0.15, 0.2) is 42.5 Å². The van der Waals surface area contributed by atoms with Crippen LogP contribution in [-0.4, -0.2) is 21.0 Å². The van der Waals surface area contributed by atoms with Gasteiger partial charge in [0, 0.05) is 0 Å². The Morgan fingerprint density at radius 2 is 2.00 bits per heavy atom. The third-order valence-electron chi connectivity index (χ3n) is 3.49. The number of nitrogens with zero attached hydrogens (tertiary/aromatic N) is 1. The van der Waals surface area contributed by atoms with E-state index in [1.807, 2.05) is 24.3 Å². The molecule has 22 heavy (non-hydrogen) atoms. The lowest BCUT2D eigenvalue weighted by Gasteiger charge is -2.04. The summed E-state index contributed by atoms with van der Waals surface area (Å²) in [5, 5.41) is 8.99. The molecule has 0 unspecified atom stereocenters. The second-order valence-corrected chi connectivity index (χ2v) is 5.01. The Labute approximate surface area is 127 Å². The minimum atomic E-state index is -0.953. The highest BCUT2D eigenvalue weighted by Gasteiger charge is 2.08. The maximum Gasteiger partial charge on any atom is 0.335 e. The van der Waals surface area contributed by atoms with E-state index < -0.39 is 5.97 Å². The SMILES string of the molecule is CCc1ccc(OCc2nc3ccc(C(=O)O)cc3[nH]2)cc1. The molecule has 0 aliphatic rings. The van der Waals surface area contributed by atoms with Gasteiger partial charge in [0.2, 0.25) is 0 Å². The molecule has 0 amide bonds. The summed E-state index contributed by atoms with van der Waals surface area (Å²) >= 11 is 0. The van der Waals surface area contributed by atoms with Crippen LogP contribution in [0.1, 0.15) is 28.7 Å². The Morgan fingerprint density at radius 3 is 2.68 bits per heavy atom. The van der Waals surface area contributed by atoms with E-state index in [4.69, 9.17) is 9.84 Å². The highest BCUT2D eigenvalue weighted by atomic mass is 16.5. The number of fused-ring (bicyclic) bond motifs is 1. The van der Waals surface area contributed by atoms with Gasteiger partial charge in [0.15, 0.2) is 0 Å². The van der Waals surface area contributed by atoms with Gasteiger partial charge in [0.1, 0.15) is 18.2 Å². The number of carboxylic acid groups (broad SMARTS) is 1. The average molecular weight is 296 g/mol. The van der Waals surface area contributed by atoms with Gasteiger partial charge in [-0.2, -0.15) is 0 Å². The summed E-state index contributed by atoms with van der Waals surface area (Å²) in [6.07, 6.45) is 0.996. The number of carboxylic acids is 1. The minimum Gasteiger partial charge on any atom is -0.486 e. The number of aryl methyl sites for hydroxylation is 1. The lowest BCUT2D eigenvalue weighted by molar-refractivity contribution is 0.0697. The van der Waals surface area contributed by atoms with Crippen LogP contribution in [0.5, 0.6) is 5.75 Å². The van der Waals surface area contributed by atoms with Crippen molar-refractivity contribution in [3.8, 4) is 5.75 Å². The van der Waals surface area contributed by atoms with Crippen molar-refractivity contribution in [2.45, 2.75) is 20.0 Å². The van der Waals surface area contributed by atoms with E-state index in [2.05, 4.69) is 16.9 Å². The van der Waals surface area contributed by atoms with Crippen molar-refractivity contribution in [3.63, 3.8) is 0 Å². The predicted octanol–water partition coefficient (Wildman–Crippen LogP) is 3.40. The van der Waals surface area contributed by atoms with E-state index in [1.54, 1.807) is 18.2 Å². The predicted molar refractivity (Wildman–Crippen MR) is 83.2 cm³/mol. The first-order valence-electron chi connectivity index (χ1n) is 7.09. The quantitative estimate of drug-likeness (QED) is 0.756. The summed E-state index contributed by atoms with van der Waals surface area (Å²) in [6, 6.07) is 12.7. The number of carbonyl (C=O) groups is 1.